The van der Waals surface area contributed by atoms with Crippen LogP contribution in [0, 0.1) is 6.92 Å². The highest BCUT2D eigenvalue weighted by Crippen LogP contribution is 2.32. The number of carbonyl (C=O) groups is 3. The number of fused-ring (bicyclic) bond motifs is 1. The number of hydrogen-bond acceptors (Lipinski definition) is 4. The van der Waals surface area contributed by atoms with Gasteiger partial charge < -0.3 is 10.1 Å². The third-order valence-electron chi connectivity index (χ3n) is 4.45. The Balaban J connectivity index is 1.61. The van der Waals surface area contributed by atoms with Crippen LogP contribution in [0.5, 0.6) is 0 Å². The van der Waals surface area contributed by atoms with Crippen molar-refractivity contribution in [3.63, 3.8) is 0 Å². The van der Waals surface area contributed by atoms with Gasteiger partial charge in [0.25, 0.3) is 0 Å². The Bertz CT molecular complexity index is 857. The lowest BCUT2D eigenvalue weighted by molar-refractivity contribution is -0.141. The summed E-state index contributed by atoms with van der Waals surface area (Å²) in [5.41, 5.74) is 3.85. The lowest BCUT2D eigenvalue weighted by Gasteiger charge is -2.08. The Hall–Kier alpha value is -2.95. The lowest BCUT2D eigenvalue weighted by Crippen LogP contribution is -2.16. The minimum Gasteiger partial charge on any atom is -0.457 e. The molecule has 128 valence electrons. The first-order chi connectivity index (χ1) is 12.0. The molecule has 5 nitrogen and oxygen atoms in total. The van der Waals surface area contributed by atoms with Crippen LogP contribution in [-0.4, -0.2) is 24.3 Å². The van der Waals surface area contributed by atoms with E-state index in [1.165, 1.54) is 0 Å². The molecule has 5 heteroatoms. The number of Topliss-reactive ketones (excluding diaryl/α,β-unsaturated/α-hetero) is 1. The standard InChI is InChI=1S/C20H19NO4/c1-12-5-3-4-6-14(12)10-19(23)25-11-18(22)15-7-8-17-16(9-15)13(2)20(24)21-17/h3-9,13H,10-11H2,1-2H3,(H,21,24)/t13-/m1/s1. The molecule has 1 atom stereocenters. The third kappa shape index (κ3) is 3.60. The molecule has 1 amide bonds. The fourth-order valence-electron chi connectivity index (χ4n) is 2.83. The Morgan fingerprint density at radius 1 is 1.16 bits per heavy atom. The van der Waals surface area contributed by atoms with Crippen molar-refractivity contribution in [3.8, 4) is 0 Å². The van der Waals surface area contributed by atoms with Crippen LogP contribution in [0.4, 0.5) is 5.69 Å². The van der Waals surface area contributed by atoms with Gasteiger partial charge in [0.2, 0.25) is 5.91 Å². The number of rotatable bonds is 5. The summed E-state index contributed by atoms with van der Waals surface area (Å²) in [6.07, 6.45) is 0.138. The summed E-state index contributed by atoms with van der Waals surface area (Å²) in [5.74, 6) is -1.09. The molecule has 0 bridgehead atoms. The molecule has 0 aromatic heterocycles. The van der Waals surface area contributed by atoms with Crippen LogP contribution in [0.3, 0.4) is 0 Å². The second kappa shape index (κ2) is 6.89. The first-order valence-electron chi connectivity index (χ1n) is 8.14. The number of aryl methyl sites for hydroxylation is 1. The summed E-state index contributed by atoms with van der Waals surface area (Å²) in [4.78, 5) is 35.9. The quantitative estimate of drug-likeness (QED) is 0.672. The average molecular weight is 337 g/mol. The van der Waals surface area contributed by atoms with Crippen molar-refractivity contribution in [3.05, 3.63) is 64.7 Å². The fourth-order valence-corrected chi connectivity index (χ4v) is 2.83. The van der Waals surface area contributed by atoms with Crippen molar-refractivity contribution in [1.82, 2.24) is 0 Å². The molecule has 1 aliphatic heterocycles. The number of carbonyl (C=O) groups excluding carboxylic acids is 3. The highest BCUT2D eigenvalue weighted by Gasteiger charge is 2.27. The van der Waals surface area contributed by atoms with Crippen LogP contribution < -0.4 is 5.32 Å². The van der Waals surface area contributed by atoms with E-state index in [4.69, 9.17) is 4.74 Å². The predicted octanol–water partition coefficient (Wildman–Crippen LogP) is 3.02. The Morgan fingerprint density at radius 3 is 2.68 bits per heavy atom. The van der Waals surface area contributed by atoms with E-state index in [1.807, 2.05) is 31.2 Å². The van der Waals surface area contributed by atoms with E-state index in [1.54, 1.807) is 25.1 Å². The SMILES string of the molecule is Cc1ccccc1CC(=O)OCC(=O)c1ccc2c(c1)[C@@H](C)C(=O)N2. The van der Waals surface area contributed by atoms with Crippen LogP contribution in [0.1, 0.15) is 39.9 Å². The second-order valence-electron chi connectivity index (χ2n) is 6.20. The van der Waals surface area contributed by atoms with Gasteiger partial charge in [0, 0.05) is 11.3 Å². The Morgan fingerprint density at radius 2 is 1.92 bits per heavy atom. The van der Waals surface area contributed by atoms with Gasteiger partial charge in [-0.25, -0.2) is 0 Å². The second-order valence-corrected chi connectivity index (χ2v) is 6.20. The molecular weight excluding hydrogens is 318 g/mol. The fraction of sp³-hybridized carbons (Fsp3) is 0.250. The van der Waals surface area contributed by atoms with Crippen LogP contribution >= 0.6 is 0 Å². The lowest BCUT2D eigenvalue weighted by atomic mass is 9.99. The summed E-state index contributed by atoms with van der Waals surface area (Å²) < 4.78 is 5.11. The summed E-state index contributed by atoms with van der Waals surface area (Å²) >= 11 is 0. The van der Waals surface area contributed by atoms with Crippen molar-refractivity contribution in [2.45, 2.75) is 26.2 Å². The molecule has 3 rings (SSSR count). The first kappa shape index (κ1) is 16.9. The van der Waals surface area contributed by atoms with E-state index in [9.17, 15) is 14.4 Å². The molecule has 0 spiro atoms. The monoisotopic (exact) mass is 337 g/mol. The number of esters is 1. The number of ketones is 1. The maximum atomic E-state index is 12.3. The smallest absolute Gasteiger partial charge is 0.310 e. The van der Waals surface area contributed by atoms with Gasteiger partial charge in [-0.1, -0.05) is 24.3 Å². The Kier molecular flexibility index (Phi) is 4.65. The summed E-state index contributed by atoms with van der Waals surface area (Å²) in [6, 6.07) is 12.6. The minimum absolute atomic E-state index is 0.0794. The number of ether oxygens (including phenoxy) is 1. The van der Waals surface area contributed by atoms with Gasteiger partial charge in [0.1, 0.15) is 0 Å². The zero-order valence-corrected chi connectivity index (χ0v) is 14.2. The van der Waals surface area contributed by atoms with Gasteiger partial charge in [-0.05, 0) is 48.7 Å². The molecule has 0 saturated carbocycles. The van der Waals surface area contributed by atoms with Gasteiger partial charge in [-0.3, -0.25) is 14.4 Å². The van der Waals surface area contributed by atoms with Crippen LogP contribution in [-0.2, 0) is 20.7 Å². The van der Waals surface area contributed by atoms with E-state index in [2.05, 4.69) is 5.32 Å². The molecule has 2 aromatic rings. The maximum Gasteiger partial charge on any atom is 0.310 e. The number of benzene rings is 2. The first-order valence-corrected chi connectivity index (χ1v) is 8.14. The molecule has 0 saturated heterocycles. The molecule has 25 heavy (non-hydrogen) atoms. The summed E-state index contributed by atoms with van der Waals surface area (Å²) in [6.45, 7) is 3.41. The van der Waals surface area contributed by atoms with E-state index in [-0.39, 0.29) is 30.6 Å². The van der Waals surface area contributed by atoms with Crippen molar-refractivity contribution in [1.29, 1.82) is 0 Å². The molecule has 1 heterocycles. The van der Waals surface area contributed by atoms with E-state index in [0.717, 1.165) is 22.4 Å². The van der Waals surface area contributed by atoms with E-state index in [0.29, 0.717) is 5.56 Å². The average Bonchev–Trinajstić information content (AvgIpc) is 2.89. The molecule has 0 aliphatic carbocycles. The summed E-state index contributed by atoms with van der Waals surface area (Å²) in [5, 5.41) is 2.76. The predicted molar refractivity (Wildman–Crippen MR) is 93.7 cm³/mol. The largest absolute Gasteiger partial charge is 0.457 e. The molecule has 0 fully saturated rings. The summed E-state index contributed by atoms with van der Waals surface area (Å²) in [7, 11) is 0. The van der Waals surface area contributed by atoms with Crippen LogP contribution in [0.2, 0.25) is 0 Å². The van der Waals surface area contributed by atoms with Gasteiger partial charge in [0.15, 0.2) is 12.4 Å². The van der Waals surface area contributed by atoms with Gasteiger partial charge in [-0.15, -0.1) is 0 Å². The third-order valence-corrected chi connectivity index (χ3v) is 4.45. The molecule has 1 N–H and O–H groups in total. The topological polar surface area (TPSA) is 72.5 Å². The van der Waals surface area contributed by atoms with Gasteiger partial charge in [0.05, 0.1) is 12.3 Å². The normalized spacial score (nSPS) is 15.4. The van der Waals surface area contributed by atoms with Crippen LogP contribution in [0.15, 0.2) is 42.5 Å². The number of nitrogens with one attached hydrogen (secondary N) is 1. The molecular formula is C20H19NO4. The number of amides is 1. The molecule has 0 unspecified atom stereocenters. The van der Waals surface area contributed by atoms with Crippen molar-refractivity contribution >= 4 is 23.3 Å². The zero-order chi connectivity index (χ0) is 18.0. The molecule has 2 aromatic carbocycles. The number of anilines is 1. The minimum atomic E-state index is -0.436. The van der Waals surface area contributed by atoms with Crippen molar-refractivity contribution in [2.24, 2.45) is 0 Å². The van der Waals surface area contributed by atoms with E-state index >= 15 is 0 Å². The van der Waals surface area contributed by atoms with Crippen molar-refractivity contribution in [2.75, 3.05) is 11.9 Å². The Labute approximate surface area is 146 Å². The van der Waals surface area contributed by atoms with Crippen LogP contribution in [0.25, 0.3) is 0 Å². The van der Waals surface area contributed by atoms with Crippen molar-refractivity contribution < 1.29 is 19.1 Å². The maximum absolute atomic E-state index is 12.3. The van der Waals surface area contributed by atoms with Gasteiger partial charge in [-0.2, -0.15) is 0 Å². The van der Waals surface area contributed by atoms with Gasteiger partial charge >= 0.3 is 5.97 Å². The highest BCUT2D eigenvalue weighted by molar-refractivity contribution is 6.05. The zero-order valence-electron chi connectivity index (χ0n) is 14.2. The van der Waals surface area contributed by atoms with E-state index < -0.39 is 5.97 Å². The molecule has 1 aliphatic rings. The molecule has 0 radical (unpaired) electrons. The highest BCUT2D eigenvalue weighted by atomic mass is 16.5. The number of hydrogen-bond donors (Lipinski definition) is 1.